The molecule has 0 spiro atoms. The lowest BCUT2D eigenvalue weighted by molar-refractivity contribution is -0.660. The fraction of sp³-hybridized carbons (Fsp3) is 0.211. The molecule has 0 amide bonds. The Hall–Kier alpha value is -2.55. The van der Waals surface area contributed by atoms with Crippen LogP contribution < -0.4 is 4.57 Å². The zero-order chi connectivity index (χ0) is 17.3. The number of nitrogens with zero attached hydrogens (tertiary/aromatic N) is 3. The molecule has 0 radical (unpaired) electrons. The van der Waals surface area contributed by atoms with Crippen LogP contribution in [0.4, 0.5) is 0 Å². The maximum Gasteiger partial charge on any atom is 0.213 e. The van der Waals surface area contributed by atoms with E-state index in [2.05, 4.69) is 39.7 Å². The smallest absolute Gasteiger partial charge is 0.213 e. The molecule has 3 nitrogen and oxygen atoms in total. The van der Waals surface area contributed by atoms with Gasteiger partial charge in [-0.1, -0.05) is 25.1 Å². The molecule has 0 saturated carbocycles. The summed E-state index contributed by atoms with van der Waals surface area (Å²) in [5.41, 5.74) is 5.13. The van der Waals surface area contributed by atoms with Gasteiger partial charge in [-0.15, -0.1) is 0 Å². The van der Waals surface area contributed by atoms with Crippen LogP contribution in [-0.4, -0.2) is 9.97 Å². The lowest BCUT2D eigenvalue weighted by Gasteiger charge is -2.07. The molecule has 0 fully saturated rings. The van der Waals surface area contributed by atoms with Crippen LogP contribution in [0.2, 0.25) is 0 Å². The molecule has 3 heteroatoms. The first-order valence-electron chi connectivity index (χ1n) is 8.26. The van der Waals surface area contributed by atoms with Gasteiger partial charge in [0.15, 0.2) is 6.20 Å². The Labute approximate surface area is 134 Å². The van der Waals surface area contributed by atoms with Crippen LogP contribution in [-0.2, 0) is 13.4 Å². The van der Waals surface area contributed by atoms with Gasteiger partial charge in [-0.25, -0.2) is 14.5 Å². The summed E-state index contributed by atoms with van der Waals surface area (Å²) < 4.78 is 17.7. The molecule has 2 aromatic heterocycles. The third kappa shape index (κ3) is 2.75. The Bertz CT molecular complexity index is 886. The van der Waals surface area contributed by atoms with E-state index in [1.54, 1.807) is 6.20 Å². The average molecular weight is 292 g/mol. The van der Waals surface area contributed by atoms with Crippen molar-refractivity contribution in [1.29, 1.82) is 0 Å². The van der Waals surface area contributed by atoms with Crippen molar-refractivity contribution in [2.75, 3.05) is 0 Å². The molecule has 2 heterocycles. The minimum atomic E-state index is -1.56. The van der Waals surface area contributed by atoms with E-state index >= 15 is 0 Å². The van der Waals surface area contributed by atoms with E-state index in [1.807, 2.05) is 37.5 Å². The molecule has 3 rings (SSSR count). The van der Waals surface area contributed by atoms with Crippen LogP contribution in [0, 0.1) is 6.92 Å². The molecule has 0 N–H and O–H groups in total. The van der Waals surface area contributed by atoms with Crippen molar-refractivity contribution in [3.63, 3.8) is 0 Å². The number of aromatic nitrogens is 3. The summed E-state index contributed by atoms with van der Waals surface area (Å²) in [6, 6.07) is 14.1. The highest BCUT2D eigenvalue weighted by atomic mass is 14.9. The molecular weight excluding hydrogens is 270 g/mol. The second-order valence-electron chi connectivity index (χ2n) is 5.24. The molecule has 110 valence electrons. The Morgan fingerprint density at radius 2 is 2.00 bits per heavy atom. The molecular formula is C19H20N3+. The molecule has 1 aromatic carbocycles. The topological polar surface area (TPSA) is 29.7 Å². The van der Waals surface area contributed by atoms with E-state index in [1.165, 1.54) is 18.1 Å². The van der Waals surface area contributed by atoms with Crippen LogP contribution in [0.3, 0.4) is 0 Å². The van der Waals surface area contributed by atoms with Crippen molar-refractivity contribution >= 4 is 0 Å². The average Bonchev–Trinajstić information content (AvgIpc) is 2.55. The van der Waals surface area contributed by atoms with Gasteiger partial charge < -0.3 is 0 Å². The Morgan fingerprint density at radius 1 is 1.18 bits per heavy atom. The highest BCUT2D eigenvalue weighted by molar-refractivity contribution is 5.68. The molecule has 0 bridgehead atoms. The second kappa shape index (κ2) is 6.06. The van der Waals surface area contributed by atoms with E-state index in [-0.39, 0.29) is 5.82 Å². The van der Waals surface area contributed by atoms with Crippen molar-refractivity contribution in [3.05, 3.63) is 66.2 Å². The maximum absolute atomic E-state index is 7.81. The van der Waals surface area contributed by atoms with E-state index in [4.69, 9.17) is 2.74 Å². The van der Waals surface area contributed by atoms with Gasteiger partial charge in [0.05, 0.1) is 5.69 Å². The van der Waals surface area contributed by atoms with E-state index in [9.17, 15) is 0 Å². The largest absolute Gasteiger partial charge is 0.241 e. The van der Waals surface area contributed by atoms with Crippen LogP contribution in [0.15, 0.2) is 54.9 Å². The Balaban J connectivity index is 2.12. The molecule has 0 aliphatic rings. The fourth-order valence-electron chi connectivity index (χ4n) is 2.50. The number of benzene rings is 1. The summed E-state index contributed by atoms with van der Waals surface area (Å²) in [6.45, 7) is 3.56. The summed E-state index contributed by atoms with van der Waals surface area (Å²) in [5, 5.41) is 0. The van der Waals surface area contributed by atoms with Gasteiger partial charge in [0.25, 0.3) is 0 Å². The monoisotopic (exact) mass is 292 g/mol. The van der Waals surface area contributed by atoms with Crippen molar-refractivity contribution in [3.8, 4) is 22.5 Å². The van der Waals surface area contributed by atoms with E-state index in [0.29, 0.717) is 0 Å². The van der Waals surface area contributed by atoms with Crippen molar-refractivity contribution in [1.82, 2.24) is 9.97 Å². The quantitative estimate of drug-likeness (QED) is 0.691. The van der Waals surface area contributed by atoms with Gasteiger partial charge in [-0.05, 0) is 24.6 Å². The standard InChI is InChI=1S/C19H20N3/c1-4-19-20-11-9-17(21-19)15-10-12-22(3)18(13-15)16-8-6-5-7-14(16)2/h5-13H,4H2,1-3H3/q+1/i4D2. The number of hydrogen-bond donors (Lipinski definition) is 0. The molecule has 0 aliphatic heterocycles. The molecule has 3 aromatic rings. The van der Waals surface area contributed by atoms with Gasteiger partial charge in [0, 0.05) is 38.6 Å². The zero-order valence-electron chi connectivity index (χ0n) is 15.0. The van der Waals surface area contributed by atoms with Gasteiger partial charge in [0.2, 0.25) is 5.69 Å². The van der Waals surface area contributed by atoms with Crippen molar-refractivity contribution in [2.24, 2.45) is 7.05 Å². The van der Waals surface area contributed by atoms with Gasteiger partial charge in [-0.3, -0.25) is 0 Å². The van der Waals surface area contributed by atoms with E-state index < -0.39 is 6.37 Å². The zero-order valence-corrected chi connectivity index (χ0v) is 13.0. The SMILES string of the molecule is [2H]C([2H])(C)c1nccc(-c2cc[n+](C)c(-c3ccccc3C)c2)n1. The minimum Gasteiger partial charge on any atom is -0.241 e. The first kappa shape index (κ1) is 12.0. The Kier molecular flexibility index (Phi) is 3.32. The summed E-state index contributed by atoms with van der Waals surface area (Å²) >= 11 is 0. The van der Waals surface area contributed by atoms with Crippen molar-refractivity contribution in [2.45, 2.75) is 20.2 Å². The summed E-state index contributed by atoms with van der Waals surface area (Å²) in [4.78, 5) is 8.46. The molecule has 0 atom stereocenters. The van der Waals surface area contributed by atoms with Crippen LogP contribution >= 0.6 is 0 Å². The Morgan fingerprint density at radius 3 is 2.77 bits per heavy atom. The number of rotatable bonds is 3. The van der Waals surface area contributed by atoms with Gasteiger partial charge >= 0.3 is 0 Å². The lowest BCUT2D eigenvalue weighted by Crippen LogP contribution is -2.30. The predicted octanol–water partition coefficient (Wildman–Crippen LogP) is 3.51. The normalized spacial score (nSPS) is 12.7. The first-order chi connectivity index (χ1) is 11.4. The minimum absolute atomic E-state index is 0.200. The van der Waals surface area contributed by atoms with Crippen molar-refractivity contribution < 1.29 is 7.31 Å². The molecule has 0 aliphatic carbocycles. The number of pyridine rings is 1. The number of hydrogen-bond acceptors (Lipinski definition) is 2. The van der Waals surface area contributed by atoms with E-state index in [0.717, 1.165) is 17.0 Å². The van der Waals surface area contributed by atoms with Gasteiger partial charge in [0.1, 0.15) is 12.9 Å². The third-order valence-corrected chi connectivity index (χ3v) is 3.75. The summed E-state index contributed by atoms with van der Waals surface area (Å²) in [6.07, 6.45) is 2.05. The second-order valence-corrected chi connectivity index (χ2v) is 5.24. The molecule has 0 saturated heterocycles. The van der Waals surface area contributed by atoms with Crippen LogP contribution in [0.1, 0.15) is 21.1 Å². The van der Waals surface area contributed by atoms with Crippen LogP contribution in [0.5, 0.6) is 0 Å². The van der Waals surface area contributed by atoms with Gasteiger partial charge in [-0.2, -0.15) is 0 Å². The fourth-order valence-corrected chi connectivity index (χ4v) is 2.50. The van der Waals surface area contributed by atoms with Crippen LogP contribution in [0.25, 0.3) is 22.5 Å². The third-order valence-electron chi connectivity index (χ3n) is 3.75. The molecule has 22 heavy (non-hydrogen) atoms. The highest BCUT2D eigenvalue weighted by Gasteiger charge is 2.14. The number of aryl methyl sites for hydroxylation is 3. The first-order valence-corrected chi connectivity index (χ1v) is 7.26. The highest BCUT2D eigenvalue weighted by Crippen LogP contribution is 2.24. The summed E-state index contributed by atoms with van der Waals surface area (Å²) in [7, 11) is 2.02. The predicted molar refractivity (Wildman–Crippen MR) is 88.2 cm³/mol. The molecule has 0 unspecified atom stereocenters. The summed E-state index contributed by atoms with van der Waals surface area (Å²) in [5.74, 6) is 0.200. The maximum atomic E-state index is 7.81. The lowest BCUT2D eigenvalue weighted by atomic mass is 10.0.